The molecule has 6 nitrogen and oxygen atoms in total. The number of carbonyl (C=O) groups is 1. The van der Waals surface area contributed by atoms with Crippen molar-refractivity contribution in [1.82, 2.24) is 9.62 Å². The summed E-state index contributed by atoms with van der Waals surface area (Å²) < 4.78 is 33.5. The van der Waals surface area contributed by atoms with Crippen LogP contribution in [0.2, 0.25) is 0 Å². The summed E-state index contributed by atoms with van der Waals surface area (Å²) in [5.41, 5.74) is 1.01. The maximum atomic E-state index is 13.1. The lowest BCUT2D eigenvalue weighted by molar-refractivity contribution is -0.121. The molecule has 0 aliphatic rings. The summed E-state index contributed by atoms with van der Waals surface area (Å²) >= 11 is 3.31. The topological polar surface area (TPSA) is 75.7 Å². The Hall–Kier alpha value is -1.74. The van der Waals surface area contributed by atoms with Crippen LogP contribution in [-0.2, 0) is 26.0 Å². The lowest BCUT2D eigenvalue weighted by Gasteiger charge is -2.22. The van der Waals surface area contributed by atoms with Crippen LogP contribution in [0, 0.1) is 0 Å². The normalized spacial score (nSPS) is 11.6. The number of halogens is 1. The smallest absolute Gasteiger partial charge is 0.243 e. The Kier molecular flexibility index (Phi) is 9.80. The SMILES string of the molecule is CCOCCCNC(=O)CN(CCc1ccccc1)S(=O)(=O)c1ccc(Br)cc1. The van der Waals surface area contributed by atoms with Gasteiger partial charge >= 0.3 is 0 Å². The van der Waals surface area contributed by atoms with Crippen molar-refractivity contribution in [1.29, 1.82) is 0 Å². The van der Waals surface area contributed by atoms with Gasteiger partial charge in [-0.05, 0) is 49.6 Å². The molecule has 0 radical (unpaired) electrons. The van der Waals surface area contributed by atoms with Crippen LogP contribution in [0.15, 0.2) is 64.0 Å². The highest BCUT2D eigenvalue weighted by Gasteiger charge is 2.26. The Balaban J connectivity index is 2.08. The average Bonchev–Trinajstić information content (AvgIpc) is 2.72. The molecule has 1 N–H and O–H groups in total. The van der Waals surface area contributed by atoms with Crippen LogP contribution in [0.3, 0.4) is 0 Å². The zero-order valence-electron chi connectivity index (χ0n) is 16.5. The first-order valence-electron chi connectivity index (χ1n) is 9.57. The number of nitrogens with one attached hydrogen (secondary N) is 1. The van der Waals surface area contributed by atoms with Crippen molar-refractivity contribution in [2.45, 2.75) is 24.7 Å². The van der Waals surface area contributed by atoms with Gasteiger partial charge in [-0.1, -0.05) is 46.3 Å². The van der Waals surface area contributed by atoms with E-state index < -0.39 is 10.0 Å². The maximum absolute atomic E-state index is 13.1. The van der Waals surface area contributed by atoms with E-state index in [0.29, 0.717) is 32.6 Å². The fraction of sp³-hybridized carbons (Fsp3) is 0.381. The maximum Gasteiger partial charge on any atom is 0.243 e. The molecule has 2 rings (SSSR count). The van der Waals surface area contributed by atoms with Crippen molar-refractivity contribution < 1.29 is 17.9 Å². The summed E-state index contributed by atoms with van der Waals surface area (Å²) in [6.45, 7) is 3.55. The molecule has 0 aliphatic carbocycles. The molecule has 0 bridgehead atoms. The van der Waals surface area contributed by atoms with Crippen LogP contribution < -0.4 is 5.32 Å². The minimum absolute atomic E-state index is 0.165. The van der Waals surface area contributed by atoms with E-state index in [1.807, 2.05) is 37.3 Å². The standard InChI is InChI=1S/C21H27BrN2O4S/c1-2-28-16-6-14-23-21(25)17-24(15-13-18-7-4-3-5-8-18)29(26,27)20-11-9-19(22)10-12-20/h3-5,7-12H,2,6,13-17H2,1H3,(H,23,25). The lowest BCUT2D eigenvalue weighted by atomic mass is 10.1. The number of rotatable bonds is 12. The lowest BCUT2D eigenvalue weighted by Crippen LogP contribution is -2.42. The Labute approximate surface area is 181 Å². The minimum Gasteiger partial charge on any atom is -0.382 e. The van der Waals surface area contributed by atoms with Crippen LogP contribution >= 0.6 is 15.9 Å². The van der Waals surface area contributed by atoms with Gasteiger partial charge in [0.1, 0.15) is 0 Å². The Morgan fingerprint density at radius 1 is 1.10 bits per heavy atom. The summed E-state index contributed by atoms with van der Waals surface area (Å²) in [6, 6.07) is 16.0. The van der Waals surface area contributed by atoms with Crippen molar-refractivity contribution in [3.63, 3.8) is 0 Å². The third kappa shape index (κ3) is 7.89. The third-order valence-electron chi connectivity index (χ3n) is 4.26. The van der Waals surface area contributed by atoms with E-state index in [1.165, 1.54) is 16.4 Å². The zero-order valence-corrected chi connectivity index (χ0v) is 18.9. The molecule has 0 saturated heterocycles. The first-order chi connectivity index (χ1) is 13.9. The molecule has 1 amide bonds. The second-order valence-electron chi connectivity index (χ2n) is 6.43. The second kappa shape index (κ2) is 12.1. The molecule has 2 aromatic rings. The number of ether oxygens (including phenoxy) is 1. The quantitative estimate of drug-likeness (QED) is 0.471. The summed E-state index contributed by atoms with van der Waals surface area (Å²) in [5, 5.41) is 2.77. The monoisotopic (exact) mass is 482 g/mol. The number of hydrogen-bond acceptors (Lipinski definition) is 4. The molecule has 0 saturated carbocycles. The van der Waals surface area contributed by atoms with Crippen molar-refractivity contribution in [3.05, 3.63) is 64.6 Å². The average molecular weight is 483 g/mol. The first-order valence-corrected chi connectivity index (χ1v) is 11.8. The van der Waals surface area contributed by atoms with E-state index in [0.717, 1.165) is 10.0 Å². The Morgan fingerprint density at radius 3 is 2.45 bits per heavy atom. The summed E-state index contributed by atoms with van der Waals surface area (Å²) in [5.74, 6) is -0.324. The van der Waals surface area contributed by atoms with E-state index in [9.17, 15) is 13.2 Å². The fourth-order valence-corrected chi connectivity index (χ4v) is 4.36. The number of sulfonamides is 1. The van der Waals surface area contributed by atoms with Gasteiger partial charge in [-0.2, -0.15) is 4.31 Å². The van der Waals surface area contributed by atoms with Gasteiger partial charge in [0.15, 0.2) is 0 Å². The number of carbonyl (C=O) groups excluding carboxylic acids is 1. The van der Waals surface area contributed by atoms with Crippen molar-refractivity contribution in [3.8, 4) is 0 Å². The van der Waals surface area contributed by atoms with Crippen molar-refractivity contribution >= 4 is 31.9 Å². The van der Waals surface area contributed by atoms with Gasteiger partial charge in [-0.3, -0.25) is 4.79 Å². The highest BCUT2D eigenvalue weighted by Crippen LogP contribution is 2.19. The molecule has 158 valence electrons. The molecule has 29 heavy (non-hydrogen) atoms. The summed E-state index contributed by atoms with van der Waals surface area (Å²) in [4.78, 5) is 12.5. The van der Waals surface area contributed by atoms with Crippen LogP contribution in [0.25, 0.3) is 0 Å². The predicted molar refractivity (Wildman–Crippen MR) is 117 cm³/mol. The summed E-state index contributed by atoms with van der Waals surface area (Å²) in [6.07, 6.45) is 1.21. The molecule has 0 spiro atoms. The first kappa shape index (κ1) is 23.5. The van der Waals surface area contributed by atoms with E-state index in [-0.39, 0.29) is 23.9 Å². The van der Waals surface area contributed by atoms with Crippen LogP contribution in [0.5, 0.6) is 0 Å². The fourth-order valence-electron chi connectivity index (χ4n) is 2.70. The van der Waals surface area contributed by atoms with Gasteiger partial charge in [0.05, 0.1) is 11.4 Å². The summed E-state index contributed by atoms with van der Waals surface area (Å²) in [7, 11) is -3.80. The van der Waals surface area contributed by atoms with E-state index >= 15 is 0 Å². The molecule has 0 aliphatic heterocycles. The van der Waals surface area contributed by atoms with Crippen LogP contribution in [0.4, 0.5) is 0 Å². The highest BCUT2D eigenvalue weighted by atomic mass is 79.9. The molecule has 0 fully saturated rings. The van der Waals surface area contributed by atoms with Gasteiger partial charge < -0.3 is 10.1 Å². The highest BCUT2D eigenvalue weighted by molar-refractivity contribution is 9.10. The number of benzene rings is 2. The Bertz CT molecular complexity index is 858. The van der Waals surface area contributed by atoms with Gasteiger partial charge in [0.25, 0.3) is 0 Å². The van der Waals surface area contributed by atoms with E-state index in [4.69, 9.17) is 4.74 Å². The predicted octanol–water partition coefficient (Wildman–Crippen LogP) is 3.23. The molecular weight excluding hydrogens is 456 g/mol. The molecule has 0 atom stereocenters. The van der Waals surface area contributed by atoms with Crippen LogP contribution in [-0.4, -0.2) is 51.5 Å². The Morgan fingerprint density at radius 2 is 1.79 bits per heavy atom. The molecule has 0 unspecified atom stereocenters. The third-order valence-corrected chi connectivity index (χ3v) is 6.64. The molecular formula is C21H27BrN2O4S. The van der Waals surface area contributed by atoms with Crippen molar-refractivity contribution in [2.75, 3.05) is 32.8 Å². The number of hydrogen-bond donors (Lipinski definition) is 1. The van der Waals surface area contributed by atoms with Gasteiger partial charge in [0.2, 0.25) is 15.9 Å². The number of nitrogens with zero attached hydrogens (tertiary/aromatic N) is 1. The van der Waals surface area contributed by atoms with Crippen LogP contribution in [0.1, 0.15) is 18.9 Å². The van der Waals surface area contributed by atoms with E-state index in [1.54, 1.807) is 12.1 Å². The molecule has 0 heterocycles. The van der Waals surface area contributed by atoms with E-state index in [2.05, 4.69) is 21.2 Å². The van der Waals surface area contributed by atoms with Gasteiger partial charge in [0, 0.05) is 30.8 Å². The van der Waals surface area contributed by atoms with Gasteiger partial charge in [-0.25, -0.2) is 8.42 Å². The second-order valence-corrected chi connectivity index (χ2v) is 9.28. The molecule has 0 aromatic heterocycles. The molecule has 2 aromatic carbocycles. The minimum atomic E-state index is -3.80. The number of amides is 1. The largest absolute Gasteiger partial charge is 0.382 e. The molecule has 8 heteroatoms. The van der Waals surface area contributed by atoms with Crippen molar-refractivity contribution in [2.24, 2.45) is 0 Å². The zero-order chi connectivity index (χ0) is 21.1. The van der Waals surface area contributed by atoms with Gasteiger partial charge in [-0.15, -0.1) is 0 Å².